The zero-order chi connectivity index (χ0) is 22.1. The van der Waals surface area contributed by atoms with E-state index >= 15 is 0 Å². The fourth-order valence-electron chi connectivity index (χ4n) is 3.64. The molecule has 7 nitrogen and oxygen atoms in total. The van der Waals surface area contributed by atoms with Gasteiger partial charge in [0.1, 0.15) is 11.5 Å². The smallest absolute Gasteiger partial charge is 0.338 e. The normalized spacial score (nSPS) is 15.0. The lowest BCUT2D eigenvalue weighted by Crippen LogP contribution is -2.28. The van der Waals surface area contributed by atoms with Crippen LogP contribution in [-0.2, 0) is 28.9 Å². The second-order valence-corrected chi connectivity index (χ2v) is 7.51. The first-order chi connectivity index (χ1) is 15.1. The van der Waals surface area contributed by atoms with E-state index < -0.39 is 5.97 Å². The lowest BCUT2D eigenvalue weighted by molar-refractivity contribution is 0.0498. The maximum Gasteiger partial charge on any atom is 0.338 e. The highest BCUT2D eigenvalue weighted by Gasteiger charge is 2.22. The Balaban J connectivity index is 1.57. The third-order valence-electron chi connectivity index (χ3n) is 5.24. The van der Waals surface area contributed by atoms with E-state index in [1.54, 1.807) is 4.68 Å². The van der Waals surface area contributed by atoms with Gasteiger partial charge in [-0.25, -0.2) is 9.18 Å². The number of carbonyl (C=O) groups is 2. The van der Waals surface area contributed by atoms with Crippen LogP contribution in [-0.4, -0.2) is 48.0 Å². The molecule has 0 aliphatic carbocycles. The summed E-state index contributed by atoms with van der Waals surface area (Å²) in [4.78, 5) is 24.7. The first kappa shape index (κ1) is 22.9. The van der Waals surface area contributed by atoms with E-state index in [0.29, 0.717) is 50.4 Å². The summed E-state index contributed by atoms with van der Waals surface area (Å²) < 4.78 is 25.6. The van der Waals surface area contributed by atoms with Gasteiger partial charge in [-0.2, -0.15) is 5.10 Å². The lowest BCUT2D eigenvalue weighted by Gasteiger charge is -2.08. The van der Waals surface area contributed by atoms with Crippen molar-refractivity contribution in [1.29, 1.82) is 0 Å². The number of esters is 1. The molecule has 1 N–H and O–H groups in total. The molecule has 0 bridgehead atoms. The number of carbonyl (C=O) groups excluding carboxylic acids is 2. The number of unbranched alkanes of at least 4 members (excludes halogenated alkanes) is 1. The minimum Gasteiger partial charge on any atom is -0.462 e. The van der Waals surface area contributed by atoms with Crippen molar-refractivity contribution in [3.05, 3.63) is 52.6 Å². The van der Waals surface area contributed by atoms with E-state index in [1.807, 2.05) is 6.92 Å². The molecule has 0 fully saturated rings. The van der Waals surface area contributed by atoms with E-state index in [9.17, 15) is 14.0 Å². The summed E-state index contributed by atoms with van der Waals surface area (Å²) in [5.74, 6) is -0.925. The number of halogens is 1. The standard InChI is InChI=1S/C23H30FN3O4/c1-2-27-21-19(7-5-14-30-15-6-13-25-22(21)28)20(26-27)8-3-4-16-31-23(29)17-9-11-18(24)12-10-17/h9-12H,2-8,13-16H2,1H3,(H,25,28). The number of aryl methyl sites for hydroxylation is 2. The number of ether oxygens (including phenoxy) is 2. The van der Waals surface area contributed by atoms with Crippen LogP contribution in [0.15, 0.2) is 24.3 Å². The Labute approximate surface area is 181 Å². The minimum absolute atomic E-state index is 0.0780. The minimum atomic E-state index is -0.458. The highest BCUT2D eigenvalue weighted by atomic mass is 19.1. The lowest BCUT2D eigenvalue weighted by atomic mass is 10.0. The molecule has 0 saturated heterocycles. The largest absolute Gasteiger partial charge is 0.462 e. The van der Waals surface area contributed by atoms with Crippen molar-refractivity contribution in [2.45, 2.75) is 52.0 Å². The molecule has 1 aliphatic heterocycles. The average molecular weight is 432 g/mol. The third kappa shape index (κ3) is 6.37. The SMILES string of the molecule is CCn1nc(CCCCOC(=O)c2ccc(F)cc2)c2c1C(=O)NCCCOCCC2. The van der Waals surface area contributed by atoms with E-state index in [0.717, 1.165) is 36.9 Å². The quantitative estimate of drug-likeness (QED) is 0.537. The van der Waals surface area contributed by atoms with Gasteiger partial charge in [-0.15, -0.1) is 0 Å². The van der Waals surface area contributed by atoms with Crippen LogP contribution in [0.4, 0.5) is 4.39 Å². The van der Waals surface area contributed by atoms with Gasteiger partial charge in [0, 0.05) is 31.9 Å². The summed E-state index contributed by atoms with van der Waals surface area (Å²) in [6, 6.07) is 5.30. The fourth-order valence-corrected chi connectivity index (χ4v) is 3.64. The van der Waals surface area contributed by atoms with E-state index in [2.05, 4.69) is 10.4 Å². The van der Waals surface area contributed by atoms with Crippen molar-refractivity contribution in [1.82, 2.24) is 15.1 Å². The van der Waals surface area contributed by atoms with Crippen LogP contribution in [0.5, 0.6) is 0 Å². The first-order valence-electron chi connectivity index (χ1n) is 11.0. The van der Waals surface area contributed by atoms with Crippen molar-refractivity contribution < 1.29 is 23.5 Å². The highest BCUT2D eigenvalue weighted by molar-refractivity contribution is 5.94. The number of amides is 1. The predicted molar refractivity (Wildman–Crippen MR) is 114 cm³/mol. The van der Waals surface area contributed by atoms with Gasteiger partial charge < -0.3 is 14.8 Å². The van der Waals surface area contributed by atoms with Crippen LogP contribution < -0.4 is 5.32 Å². The van der Waals surface area contributed by atoms with Crippen LogP contribution in [0.3, 0.4) is 0 Å². The molecule has 0 spiro atoms. The molecule has 3 rings (SSSR count). The zero-order valence-electron chi connectivity index (χ0n) is 18.0. The number of hydrogen-bond acceptors (Lipinski definition) is 5. The van der Waals surface area contributed by atoms with Gasteiger partial charge in [-0.3, -0.25) is 9.48 Å². The second kappa shape index (κ2) is 11.6. The van der Waals surface area contributed by atoms with Gasteiger partial charge in [0.05, 0.1) is 17.9 Å². The van der Waals surface area contributed by atoms with Crippen molar-refractivity contribution in [2.75, 3.05) is 26.4 Å². The van der Waals surface area contributed by atoms with Crippen LogP contribution in [0.2, 0.25) is 0 Å². The number of rotatable bonds is 7. The second-order valence-electron chi connectivity index (χ2n) is 7.51. The molecule has 8 heteroatoms. The van der Waals surface area contributed by atoms with Crippen molar-refractivity contribution in [3.63, 3.8) is 0 Å². The Kier molecular flexibility index (Phi) is 8.58. The molecular weight excluding hydrogens is 401 g/mol. The molecule has 0 unspecified atom stereocenters. The monoisotopic (exact) mass is 431 g/mol. The maximum absolute atomic E-state index is 13.0. The Hall–Kier alpha value is -2.74. The topological polar surface area (TPSA) is 82.5 Å². The molecule has 1 aliphatic rings. The molecule has 2 aromatic rings. The van der Waals surface area contributed by atoms with Crippen LogP contribution in [0, 0.1) is 5.82 Å². The average Bonchev–Trinajstić information content (AvgIpc) is 3.11. The number of nitrogens with one attached hydrogen (secondary N) is 1. The number of aromatic nitrogens is 2. The molecule has 1 amide bonds. The summed E-state index contributed by atoms with van der Waals surface area (Å²) >= 11 is 0. The van der Waals surface area contributed by atoms with Gasteiger partial charge in [0.15, 0.2) is 0 Å². The van der Waals surface area contributed by atoms with Gasteiger partial charge in [-0.05, 0) is 69.7 Å². The summed E-state index contributed by atoms with van der Waals surface area (Å²) in [5.41, 5.74) is 2.91. The highest BCUT2D eigenvalue weighted by Crippen LogP contribution is 2.20. The molecule has 1 aromatic carbocycles. The molecule has 0 saturated carbocycles. The Morgan fingerprint density at radius 2 is 2.00 bits per heavy atom. The summed E-state index contributed by atoms with van der Waals surface area (Å²) in [5, 5.41) is 7.66. The summed E-state index contributed by atoms with van der Waals surface area (Å²) in [7, 11) is 0. The Morgan fingerprint density at radius 1 is 1.23 bits per heavy atom. The van der Waals surface area contributed by atoms with Crippen molar-refractivity contribution in [2.24, 2.45) is 0 Å². The molecule has 0 radical (unpaired) electrons. The summed E-state index contributed by atoms with van der Waals surface area (Å²) in [6.07, 6.45) is 4.55. The number of nitrogens with zero attached hydrogens (tertiary/aromatic N) is 2. The molecule has 0 atom stereocenters. The van der Waals surface area contributed by atoms with Crippen molar-refractivity contribution in [3.8, 4) is 0 Å². The maximum atomic E-state index is 13.0. The number of hydrogen-bond donors (Lipinski definition) is 1. The van der Waals surface area contributed by atoms with Crippen LogP contribution in [0.1, 0.15) is 64.7 Å². The molecule has 31 heavy (non-hydrogen) atoms. The Morgan fingerprint density at radius 3 is 2.77 bits per heavy atom. The summed E-state index contributed by atoms with van der Waals surface area (Å²) in [6.45, 7) is 4.79. The Bertz CT molecular complexity index is 880. The third-order valence-corrected chi connectivity index (χ3v) is 5.24. The zero-order valence-corrected chi connectivity index (χ0v) is 18.0. The predicted octanol–water partition coefficient (Wildman–Crippen LogP) is 3.30. The van der Waals surface area contributed by atoms with E-state index in [4.69, 9.17) is 9.47 Å². The molecular formula is C23H30FN3O4. The molecule has 2 heterocycles. The van der Waals surface area contributed by atoms with E-state index in [1.165, 1.54) is 24.3 Å². The van der Waals surface area contributed by atoms with E-state index in [-0.39, 0.29) is 18.3 Å². The molecule has 1 aromatic heterocycles. The molecule has 168 valence electrons. The van der Waals surface area contributed by atoms with Crippen LogP contribution >= 0.6 is 0 Å². The number of benzene rings is 1. The number of fused-ring (bicyclic) bond motifs is 1. The van der Waals surface area contributed by atoms with Gasteiger partial charge in [0.2, 0.25) is 0 Å². The fraction of sp³-hybridized carbons (Fsp3) is 0.522. The van der Waals surface area contributed by atoms with Crippen molar-refractivity contribution >= 4 is 11.9 Å². The van der Waals surface area contributed by atoms with Gasteiger partial charge in [0.25, 0.3) is 5.91 Å². The van der Waals surface area contributed by atoms with Gasteiger partial charge in [-0.1, -0.05) is 0 Å². The first-order valence-corrected chi connectivity index (χ1v) is 11.0. The van der Waals surface area contributed by atoms with Crippen LogP contribution in [0.25, 0.3) is 0 Å². The van der Waals surface area contributed by atoms with Gasteiger partial charge >= 0.3 is 5.97 Å².